The van der Waals surface area contributed by atoms with Gasteiger partial charge in [-0.3, -0.25) is 14.5 Å². The normalized spacial score (nSPS) is 21.2. The van der Waals surface area contributed by atoms with Crippen LogP contribution in [0.5, 0.6) is 0 Å². The van der Waals surface area contributed by atoms with Crippen LogP contribution in [0.1, 0.15) is 26.3 Å². The number of benzene rings is 1. The average molecular weight is 307 g/mol. The summed E-state index contributed by atoms with van der Waals surface area (Å²) in [5.41, 5.74) is -0.845. The number of imide groups is 1. The molecule has 0 spiro atoms. The number of hydrogen-bond acceptors (Lipinski definition) is 3. The molecule has 1 aliphatic heterocycles. The van der Waals surface area contributed by atoms with E-state index in [4.69, 9.17) is 0 Å². The summed E-state index contributed by atoms with van der Waals surface area (Å²) in [5, 5.41) is 5.18. The highest BCUT2D eigenvalue weighted by atomic mass is 19.1. The quantitative estimate of drug-likeness (QED) is 0.818. The lowest BCUT2D eigenvalue weighted by atomic mass is 9.92. The molecule has 0 bridgehead atoms. The van der Waals surface area contributed by atoms with Gasteiger partial charge in [0.1, 0.15) is 17.9 Å². The summed E-state index contributed by atoms with van der Waals surface area (Å²) in [7, 11) is 0. The molecular weight excluding hydrogens is 289 g/mol. The van der Waals surface area contributed by atoms with E-state index in [1.165, 1.54) is 31.2 Å². The lowest BCUT2D eigenvalue weighted by Gasteiger charge is -2.22. The third-order valence-electron chi connectivity index (χ3n) is 3.45. The fourth-order valence-electron chi connectivity index (χ4n) is 2.33. The predicted molar refractivity (Wildman–Crippen MR) is 77.3 cm³/mol. The van der Waals surface area contributed by atoms with Gasteiger partial charge in [-0.15, -0.1) is 0 Å². The van der Waals surface area contributed by atoms with Crippen molar-refractivity contribution in [3.63, 3.8) is 0 Å². The Morgan fingerprint density at radius 2 is 1.91 bits per heavy atom. The second-order valence-corrected chi connectivity index (χ2v) is 5.68. The molecular formula is C15H18FN3O3. The molecule has 0 radical (unpaired) electrons. The summed E-state index contributed by atoms with van der Waals surface area (Å²) in [6, 6.07) is 4.58. The zero-order valence-corrected chi connectivity index (χ0v) is 12.6. The summed E-state index contributed by atoms with van der Waals surface area (Å²) < 4.78 is 13.0. The van der Waals surface area contributed by atoms with Crippen molar-refractivity contribution in [2.24, 2.45) is 0 Å². The van der Waals surface area contributed by atoms with Gasteiger partial charge in [-0.1, -0.05) is 12.1 Å². The van der Waals surface area contributed by atoms with Gasteiger partial charge in [0.15, 0.2) is 0 Å². The number of amides is 4. The van der Waals surface area contributed by atoms with Gasteiger partial charge in [0.05, 0.1) is 0 Å². The Balaban J connectivity index is 2.20. The highest BCUT2D eigenvalue weighted by Crippen LogP contribution is 2.28. The molecule has 1 aromatic rings. The standard InChI is InChI=1S/C15H18FN3O3/c1-9(2)17-12(20)8-19-13(21)15(3,18-14(19)22)10-4-6-11(16)7-5-10/h4-7,9H,8H2,1-3H3,(H,17,20)(H,18,22)/t15-/m1/s1. The summed E-state index contributed by atoms with van der Waals surface area (Å²) in [6.07, 6.45) is 0. The number of nitrogens with zero attached hydrogens (tertiary/aromatic N) is 1. The van der Waals surface area contributed by atoms with Gasteiger partial charge in [0, 0.05) is 6.04 Å². The molecule has 2 rings (SSSR count). The molecule has 1 aliphatic rings. The van der Waals surface area contributed by atoms with Crippen LogP contribution in [0, 0.1) is 5.82 Å². The Hall–Kier alpha value is -2.44. The molecule has 6 nitrogen and oxygen atoms in total. The Bertz CT molecular complexity index is 615. The minimum absolute atomic E-state index is 0.0863. The van der Waals surface area contributed by atoms with E-state index in [0.717, 1.165) is 4.90 Å². The van der Waals surface area contributed by atoms with Crippen molar-refractivity contribution in [3.05, 3.63) is 35.6 Å². The van der Waals surface area contributed by atoms with Gasteiger partial charge in [-0.2, -0.15) is 0 Å². The third-order valence-corrected chi connectivity index (χ3v) is 3.45. The molecule has 1 heterocycles. The molecule has 0 unspecified atom stereocenters. The maximum absolute atomic E-state index is 13.0. The summed E-state index contributed by atoms with van der Waals surface area (Å²) >= 11 is 0. The van der Waals surface area contributed by atoms with Gasteiger partial charge < -0.3 is 10.6 Å². The van der Waals surface area contributed by atoms with Gasteiger partial charge in [-0.05, 0) is 38.5 Å². The van der Waals surface area contributed by atoms with Gasteiger partial charge in [0.2, 0.25) is 5.91 Å². The molecule has 4 amide bonds. The molecule has 0 aliphatic carbocycles. The molecule has 1 saturated heterocycles. The van der Waals surface area contributed by atoms with E-state index < -0.39 is 29.2 Å². The number of hydrogen-bond donors (Lipinski definition) is 2. The monoisotopic (exact) mass is 307 g/mol. The summed E-state index contributed by atoms with van der Waals surface area (Å²) in [6.45, 7) is 4.75. The maximum Gasteiger partial charge on any atom is 0.325 e. The van der Waals surface area contributed by atoms with E-state index >= 15 is 0 Å². The number of urea groups is 1. The van der Waals surface area contributed by atoms with Crippen molar-refractivity contribution in [2.75, 3.05) is 6.54 Å². The number of carbonyl (C=O) groups is 3. The van der Waals surface area contributed by atoms with Crippen molar-refractivity contribution < 1.29 is 18.8 Å². The smallest absolute Gasteiger partial charge is 0.325 e. The minimum Gasteiger partial charge on any atom is -0.352 e. The van der Waals surface area contributed by atoms with Gasteiger partial charge in [-0.25, -0.2) is 9.18 Å². The fraction of sp³-hybridized carbons (Fsp3) is 0.400. The zero-order chi connectivity index (χ0) is 16.5. The van der Waals surface area contributed by atoms with Crippen LogP contribution in [-0.2, 0) is 15.1 Å². The molecule has 1 atom stereocenters. The van der Waals surface area contributed by atoms with E-state index in [9.17, 15) is 18.8 Å². The van der Waals surface area contributed by atoms with Crippen LogP contribution in [0.15, 0.2) is 24.3 Å². The van der Waals surface area contributed by atoms with E-state index in [-0.39, 0.29) is 12.6 Å². The van der Waals surface area contributed by atoms with E-state index in [0.29, 0.717) is 5.56 Å². The molecule has 22 heavy (non-hydrogen) atoms. The average Bonchev–Trinajstić information content (AvgIpc) is 2.63. The van der Waals surface area contributed by atoms with Crippen molar-refractivity contribution in [2.45, 2.75) is 32.4 Å². The lowest BCUT2D eigenvalue weighted by Crippen LogP contribution is -2.44. The van der Waals surface area contributed by atoms with Crippen molar-refractivity contribution in [1.29, 1.82) is 0 Å². The Morgan fingerprint density at radius 3 is 2.45 bits per heavy atom. The first kappa shape index (κ1) is 15.9. The SMILES string of the molecule is CC(C)NC(=O)CN1C(=O)N[C@](C)(c2ccc(F)cc2)C1=O. The van der Waals surface area contributed by atoms with Crippen LogP contribution >= 0.6 is 0 Å². The highest BCUT2D eigenvalue weighted by Gasteiger charge is 2.49. The number of rotatable bonds is 4. The molecule has 1 aromatic carbocycles. The Labute approximate surface area is 127 Å². The minimum atomic E-state index is -1.30. The topological polar surface area (TPSA) is 78.5 Å². The second kappa shape index (κ2) is 5.75. The van der Waals surface area contributed by atoms with Crippen molar-refractivity contribution in [1.82, 2.24) is 15.5 Å². The van der Waals surface area contributed by atoms with Crippen LogP contribution in [0.25, 0.3) is 0 Å². The van der Waals surface area contributed by atoms with Crippen molar-refractivity contribution in [3.8, 4) is 0 Å². The van der Waals surface area contributed by atoms with Crippen LogP contribution < -0.4 is 10.6 Å². The Morgan fingerprint density at radius 1 is 1.32 bits per heavy atom. The summed E-state index contributed by atoms with van der Waals surface area (Å²) in [5.74, 6) is -1.39. The van der Waals surface area contributed by atoms with Crippen LogP contribution in [0.2, 0.25) is 0 Å². The zero-order valence-electron chi connectivity index (χ0n) is 12.6. The molecule has 0 aromatic heterocycles. The molecule has 2 N–H and O–H groups in total. The van der Waals surface area contributed by atoms with E-state index in [1.54, 1.807) is 13.8 Å². The molecule has 7 heteroatoms. The van der Waals surface area contributed by atoms with Gasteiger partial charge >= 0.3 is 6.03 Å². The maximum atomic E-state index is 13.0. The molecule has 1 fully saturated rings. The van der Waals surface area contributed by atoms with Crippen LogP contribution in [-0.4, -0.2) is 35.3 Å². The number of carbonyl (C=O) groups excluding carboxylic acids is 3. The second-order valence-electron chi connectivity index (χ2n) is 5.68. The molecule has 0 saturated carbocycles. The van der Waals surface area contributed by atoms with Gasteiger partial charge in [0.25, 0.3) is 5.91 Å². The number of halogens is 1. The van der Waals surface area contributed by atoms with Crippen molar-refractivity contribution >= 4 is 17.8 Å². The van der Waals surface area contributed by atoms with E-state index in [1.807, 2.05) is 0 Å². The highest BCUT2D eigenvalue weighted by molar-refractivity contribution is 6.09. The van der Waals surface area contributed by atoms with E-state index in [2.05, 4.69) is 10.6 Å². The fourth-order valence-corrected chi connectivity index (χ4v) is 2.33. The first-order valence-electron chi connectivity index (χ1n) is 6.93. The predicted octanol–water partition coefficient (Wildman–Crippen LogP) is 1.12. The Kier molecular flexibility index (Phi) is 4.16. The van der Waals surface area contributed by atoms with Crippen LogP contribution in [0.3, 0.4) is 0 Å². The summed E-state index contributed by atoms with van der Waals surface area (Å²) in [4.78, 5) is 37.1. The van der Waals surface area contributed by atoms with Crippen LogP contribution in [0.4, 0.5) is 9.18 Å². The first-order valence-corrected chi connectivity index (χ1v) is 6.93. The first-order chi connectivity index (χ1) is 10.2. The largest absolute Gasteiger partial charge is 0.352 e. The third kappa shape index (κ3) is 2.93. The number of nitrogens with one attached hydrogen (secondary N) is 2. The molecule has 118 valence electrons. The lowest BCUT2D eigenvalue weighted by molar-refractivity contribution is -0.135.